The molecule has 1 saturated heterocycles. The average molecular weight is 482 g/mol. The van der Waals surface area contributed by atoms with Crippen molar-refractivity contribution in [2.45, 2.75) is 6.04 Å². The lowest BCUT2D eigenvalue weighted by atomic mass is 10.1. The van der Waals surface area contributed by atoms with Crippen molar-refractivity contribution >= 4 is 33.3 Å². The maximum atomic E-state index is 12.9. The fourth-order valence-corrected chi connectivity index (χ4v) is 5.79. The molecular weight excluding hydrogens is 454 g/mol. The van der Waals surface area contributed by atoms with E-state index in [1.54, 1.807) is 22.3 Å². The number of amides is 1. The Morgan fingerprint density at radius 3 is 2.24 bits per heavy atom. The van der Waals surface area contributed by atoms with Gasteiger partial charge >= 0.3 is 0 Å². The molecule has 33 heavy (non-hydrogen) atoms. The molecule has 6 nitrogen and oxygen atoms in total. The zero-order valence-electron chi connectivity index (χ0n) is 18.2. The lowest BCUT2D eigenvalue weighted by Gasteiger charge is -2.33. The molecule has 1 aliphatic rings. The second-order valence-corrected chi connectivity index (χ2v) is 10.6. The molecule has 172 valence electrons. The summed E-state index contributed by atoms with van der Waals surface area (Å²) in [7, 11) is -3.52. The lowest BCUT2D eigenvalue weighted by molar-refractivity contribution is -0.131. The van der Waals surface area contributed by atoms with Gasteiger partial charge in [-0.25, -0.2) is 8.42 Å². The first-order valence-corrected chi connectivity index (χ1v) is 13.2. The van der Waals surface area contributed by atoms with E-state index in [1.165, 1.54) is 9.71 Å². The third-order valence-corrected chi connectivity index (χ3v) is 8.10. The third kappa shape index (κ3) is 6.17. The minimum Gasteiger partial charge on any atom is -0.339 e. The molecule has 1 fully saturated rings. The number of hydrogen-bond acceptors (Lipinski definition) is 5. The first kappa shape index (κ1) is 23.4. The monoisotopic (exact) mass is 481 g/mol. The number of piperazine rings is 1. The van der Waals surface area contributed by atoms with E-state index in [2.05, 4.69) is 23.5 Å². The number of hydrogen-bond donors (Lipinski definition) is 1. The van der Waals surface area contributed by atoms with E-state index in [-0.39, 0.29) is 18.5 Å². The predicted molar refractivity (Wildman–Crippen MR) is 133 cm³/mol. The third-order valence-electron chi connectivity index (χ3n) is 5.60. The van der Waals surface area contributed by atoms with E-state index < -0.39 is 10.0 Å². The number of nitrogens with zero attached hydrogens (tertiary/aromatic N) is 2. The van der Waals surface area contributed by atoms with Crippen LogP contribution in [0.15, 0.2) is 83.6 Å². The fraction of sp³-hybridized carbons (Fsp3) is 0.240. The van der Waals surface area contributed by atoms with E-state index in [9.17, 15) is 13.2 Å². The summed E-state index contributed by atoms with van der Waals surface area (Å²) in [6.07, 6.45) is 1.60. The molecule has 3 aromatic rings. The van der Waals surface area contributed by atoms with Gasteiger partial charge in [0, 0.05) is 36.5 Å². The number of rotatable bonds is 8. The zero-order valence-corrected chi connectivity index (χ0v) is 19.8. The quantitative estimate of drug-likeness (QED) is 0.534. The van der Waals surface area contributed by atoms with Gasteiger partial charge in [0.05, 0.1) is 12.6 Å². The Kier molecular flexibility index (Phi) is 7.72. The molecule has 0 spiro atoms. The van der Waals surface area contributed by atoms with Gasteiger partial charge in [0.15, 0.2) is 0 Å². The molecule has 1 aromatic heterocycles. The normalized spacial score (nSPS) is 16.2. The number of thiophene rings is 1. The van der Waals surface area contributed by atoms with Gasteiger partial charge in [0.2, 0.25) is 15.9 Å². The van der Waals surface area contributed by atoms with Crippen molar-refractivity contribution in [2.24, 2.45) is 0 Å². The molecule has 1 atom stereocenters. The molecule has 2 aromatic carbocycles. The van der Waals surface area contributed by atoms with Gasteiger partial charge in [-0.3, -0.25) is 10.1 Å². The summed E-state index contributed by atoms with van der Waals surface area (Å²) in [5.41, 5.74) is 1.94. The second kappa shape index (κ2) is 10.9. The number of nitrogens with one attached hydrogen (secondary N) is 1. The van der Waals surface area contributed by atoms with Crippen LogP contribution in [0.5, 0.6) is 0 Å². The van der Waals surface area contributed by atoms with E-state index >= 15 is 0 Å². The highest BCUT2D eigenvalue weighted by Gasteiger charge is 2.27. The smallest absolute Gasteiger partial charge is 0.236 e. The summed E-state index contributed by atoms with van der Waals surface area (Å²) in [4.78, 5) is 15.7. The maximum Gasteiger partial charge on any atom is 0.236 e. The minimum atomic E-state index is -3.52. The molecule has 2 heterocycles. The molecule has 1 amide bonds. The Labute approximate surface area is 199 Å². The van der Waals surface area contributed by atoms with Gasteiger partial charge < -0.3 is 4.90 Å². The van der Waals surface area contributed by atoms with Gasteiger partial charge in [0.25, 0.3) is 0 Å². The molecular formula is C25H27N3O3S2. The molecule has 0 radical (unpaired) electrons. The number of carbonyl (C=O) groups is 1. The van der Waals surface area contributed by atoms with Crippen molar-refractivity contribution in [1.29, 1.82) is 0 Å². The van der Waals surface area contributed by atoms with Crippen LogP contribution in [0, 0.1) is 0 Å². The molecule has 1 aliphatic heterocycles. The Bertz CT molecular complexity index is 1160. The van der Waals surface area contributed by atoms with E-state index in [0.29, 0.717) is 26.2 Å². The first-order chi connectivity index (χ1) is 16.0. The van der Waals surface area contributed by atoms with Crippen LogP contribution in [0.4, 0.5) is 0 Å². The largest absolute Gasteiger partial charge is 0.339 e. The highest BCUT2D eigenvalue weighted by atomic mass is 32.2. The molecule has 0 aliphatic carbocycles. The summed E-state index contributed by atoms with van der Waals surface area (Å²) in [6.45, 7) is 1.54. The zero-order chi connectivity index (χ0) is 23.1. The van der Waals surface area contributed by atoms with Gasteiger partial charge in [0.1, 0.15) is 0 Å². The lowest BCUT2D eigenvalue weighted by Crippen LogP contribution is -2.52. The Morgan fingerprint density at radius 1 is 0.939 bits per heavy atom. The minimum absolute atomic E-state index is 0.0237. The van der Waals surface area contributed by atoms with E-state index in [4.69, 9.17) is 0 Å². The van der Waals surface area contributed by atoms with Crippen LogP contribution in [0.25, 0.3) is 6.08 Å². The topological polar surface area (TPSA) is 69.7 Å². The number of benzene rings is 2. The van der Waals surface area contributed by atoms with Crippen molar-refractivity contribution in [2.75, 3.05) is 32.7 Å². The Morgan fingerprint density at radius 2 is 1.61 bits per heavy atom. The van der Waals surface area contributed by atoms with Crippen molar-refractivity contribution in [3.8, 4) is 0 Å². The first-order valence-electron chi connectivity index (χ1n) is 10.9. The van der Waals surface area contributed by atoms with Crippen molar-refractivity contribution in [3.05, 3.63) is 99.6 Å². The summed E-state index contributed by atoms with van der Waals surface area (Å²) in [5, 5.41) is 6.66. The second-order valence-electron chi connectivity index (χ2n) is 7.78. The van der Waals surface area contributed by atoms with Crippen LogP contribution in [-0.4, -0.2) is 56.3 Å². The van der Waals surface area contributed by atoms with E-state index in [0.717, 1.165) is 16.0 Å². The van der Waals surface area contributed by atoms with Crippen LogP contribution in [0.1, 0.15) is 22.0 Å². The Balaban J connectivity index is 1.32. The Hall–Kier alpha value is -2.78. The van der Waals surface area contributed by atoms with Crippen LogP contribution < -0.4 is 5.32 Å². The molecule has 1 N–H and O–H groups in total. The standard InChI is InChI=1S/C25H27N3O3S2/c29-24(20-26-25(23-12-7-18-32-23)22-10-5-2-6-11-22)27-14-16-28(17-15-27)33(30,31)19-13-21-8-3-1-4-9-21/h1-13,18-19,25-26H,14-17,20H2. The number of sulfonamides is 1. The SMILES string of the molecule is O=C(CNC(c1ccccc1)c1cccs1)N1CCN(S(=O)(=O)C=Cc2ccccc2)CC1. The van der Waals surface area contributed by atoms with E-state index in [1.807, 2.05) is 60.0 Å². The van der Waals surface area contributed by atoms with Gasteiger partial charge in [-0.2, -0.15) is 4.31 Å². The highest BCUT2D eigenvalue weighted by Crippen LogP contribution is 2.25. The molecule has 1 unspecified atom stereocenters. The summed E-state index contributed by atoms with van der Waals surface area (Å²) >= 11 is 1.65. The van der Waals surface area contributed by atoms with Crippen LogP contribution >= 0.6 is 11.3 Å². The van der Waals surface area contributed by atoms with Crippen molar-refractivity contribution in [1.82, 2.24) is 14.5 Å². The van der Waals surface area contributed by atoms with Gasteiger partial charge in [-0.1, -0.05) is 66.7 Å². The maximum absolute atomic E-state index is 12.9. The van der Waals surface area contributed by atoms with Crippen LogP contribution in [-0.2, 0) is 14.8 Å². The molecule has 4 rings (SSSR count). The molecule has 0 bridgehead atoms. The van der Waals surface area contributed by atoms with Gasteiger partial charge in [-0.15, -0.1) is 11.3 Å². The summed E-state index contributed by atoms with van der Waals surface area (Å²) in [5.74, 6) is -0.0237. The average Bonchev–Trinajstić information content (AvgIpc) is 3.39. The van der Waals surface area contributed by atoms with Crippen molar-refractivity contribution in [3.63, 3.8) is 0 Å². The highest BCUT2D eigenvalue weighted by molar-refractivity contribution is 7.92. The predicted octanol–water partition coefficient (Wildman–Crippen LogP) is 3.57. The summed E-state index contributed by atoms with van der Waals surface area (Å²) < 4.78 is 26.8. The molecule has 8 heteroatoms. The van der Waals surface area contributed by atoms with Crippen LogP contribution in [0.2, 0.25) is 0 Å². The van der Waals surface area contributed by atoms with Gasteiger partial charge in [-0.05, 0) is 28.6 Å². The fourth-order valence-electron chi connectivity index (χ4n) is 3.79. The molecule has 0 saturated carbocycles. The van der Waals surface area contributed by atoms with Crippen molar-refractivity contribution < 1.29 is 13.2 Å². The van der Waals surface area contributed by atoms with Crippen LogP contribution in [0.3, 0.4) is 0 Å². The number of carbonyl (C=O) groups excluding carboxylic acids is 1. The summed E-state index contributed by atoms with van der Waals surface area (Å²) in [6, 6.07) is 23.4.